The minimum atomic E-state index is -0.573. The molecule has 1 aliphatic rings. The van der Waals surface area contributed by atoms with Gasteiger partial charge in [0, 0.05) is 19.1 Å². The number of aliphatic imine (C=N–C) groups is 1. The number of methoxy groups -OCH3 is 1. The van der Waals surface area contributed by atoms with E-state index >= 15 is 0 Å². The Bertz CT molecular complexity index is 772. The molecule has 0 spiro atoms. The van der Waals surface area contributed by atoms with Gasteiger partial charge in [0.05, 0.1) is 28.6 Å². The molecule has 0 fully saturated rings. The zero-order valence-corrected chi connectivity index (χ0v) is 14.0. The topological polar surface area (TPSA) is 111 Å². The van der Waals surface area contributed by atoms with Crippen molar-refractivity contribution in [3.8, 4) is 0 Å². The van der Waals surface area contributed by atoms with Gasteiger partial charge < -0.3 is 10.1 Å². The molecule has 1 amide bonds. The average Bonchev–Trinajstić information content (AvgIpc) is 2.53. The van der Waals surface area contributed by atoms with Crippen LogP contribution in [0.5, 0.6) is 0 Å². The fourth-order valence-electron chi connectivity index (χ4n) is 2.21. The monoisotopic (exact) mass is 349 g/mol. The van der Waals surface area contributed by atoms with Crippen molar-refractivity contribution in [2.45, 2.75) is 19.1 Å². The number of allylic oxidation sites excluding steroid dienone is 1. The zero-order chi connectivity index (χ0) is 17.9. The van der Waals surface area contributed by atoms with Crippen LogP contribution >= 0.6 is 11.8 Å². The SMILES string of the molecule is COC(=O)C1=C(C)N=C(NC(C)=O)SC1c1cccc([N+](=O)[O-])c1. The lowest BCUT2D eigenvalue weighted by molar-refractivity contribution is -0.384. The number of rotatable bonds is 3. The molecule has 9 heteroatoms. The highest BCUT2D eigenvalue weighted by atomic mass is 32.2. The number of benzene rings is 1. The maximum atomic E-state index is 12.1. The van der Waals surface area contributed by atoms with Crippen LogP contribution in [0.3, 0.4) is 0 Å². The molecule has 0 saturated heterocycles. The van der Waals surface area contributed by atoms with Gasteiger partial charge in [-0.05, 0) is 12.5 Å². The minimum Gasteiger partial charge on any atom is -0.466 e. The van der Waals surface area contributed by atoms with Gasteiger partial charge in [0.15, 0.2) is 5.17 Å². The molecule has 8 nitrogen and oxygen atoms in total. The molecule has 0 bridgehead atoms. The molecule has 126 valence electrons. The van der Waals surface area contributed by atoms with Crippen molar-refractivity contribution in [1.29, 1.82) is 0 Å². The highest BCUT2D eigenvalue weighted by molar-refractivity contribution is 8.14. The second-order valence-electron chi connectivity index (χ2n) is 4.94. The predicted octanol–water partition coefficient (Wildman–Crippen LogP) is 2.32. The van der Waals surface area contributed by atoms with Crippen LogP contribution in [0.1, 0.15) is 24.7 Å². The number of amidine groups is 1. The van der Waals surface area contributed by atoms with E-state index in [0.717, 1.165) is 11.8 Å². The molecule has 1 N–H and O–H groups in total. The van der Waals surface area contributed by atoms with Gasteiger partial charge in [-0.1, -0.05) is 23.9 Å². The number of esters is 1. The number of hydrogen-bond acceptors (Lipinski definition) is 7. The Kier molecular flexibility index (Phi) is 5.35. The van der Waals surface area contributed by atoms with Crippen LogP contribution in [0.25, 0.3) is 0 Å². The first-order chi connectivity index (χ1) is 11.3. The van der Waals surface area contributed by atoms with Gasteiger partial charge >= 0.3 is 5.97 Å². The van der Waals surface area contributed by atoms with Gasteiger partial charge in [-0.3, -0.25) is 14.9 Å². The Morgan fingerprint density at radius 2 is 2.12 bits per heavy atom. The Balaban J connectivity index is 2.51. The van der Waals surface area contributed by atoms with E-state index in [-0.39, 0.29) is 17.2 Å². The number of carbonyl (C=O) groups is 2. The summed E-state index contributed by atoms with van der Waals surface area (Å²) >= 11 is 1.13. The number of nitro benzene ring substituents is 1. The highest BCUT2D eigenvalue weighted by Gasteiger charge is 2.32. The van der Waals surface area contributed by atoms with E-state index in [9.17, 15) is 19.7 Å². The molecule has 2 rings (SSSR count). The Morgan fingerprint density at radius 3 is 2.71 bits per heavy atom. The van der Waals surface area contributed by atoms with E-state index in [1.54, 1.807) is 19.1 Å². The Labute approximate surface area is 142 Å². The third kappa shape index (κ3) is 3.80. The summed E-state index contributed by atoms with van der Waals surface area (Å²) in [6.45, 7) is 2.97. The van der Waals surface area contributed by atoms with Gasteiger partial charge in [-0.15, -0.1) is 0 Å². The van der Waals surface area contributed by atoms with E-state index < -0.39 is 16.1 Å². The van der Waals surface area contributed by atoms with Crippen LogP contribution in [0.4, 0.5) is 5.69 Å². The lowest BCUT2D eigenvalue weighted by Gasteiger charge is -2.24. The van der Waals surface area contributed by atoms with Gasteiger partial charge in [0.1, 0.15) is 0 Å². The number of hydrogen-bond donors (Lipinski definition) is 1. The summed E-state index contributed by atoms with van der Waals surface area (Å²) in [4.78, 5) is 38.1. The average molecular weight is 349 g/mol. The van der Waals surface area contributed by atoms with Gasteiger partial charge in [-0.2, -0.15) is 0 Å². The Morgan fingerprint density at radius 1 is 1.42 bits per heavy atom. The van der Waals surface area contributed by atoms with Crippen LogP contribution in [0.15, 0.2) is 40.5 Å². The van der Waals surface area contributed by atoms with E-state index in [1.807, 2.05) is 0 Å². The number of nitrogens with one attached hydrogen (secondary N) is 1. The second-order valence-corrected chi connectivity index (χ2v) is 6.03. The van der Waals surface area contributed by atoms with Gasteiger partial charge in [-0.25, -0.2) is 9.79 Å². The van der Waals surface area contributed by atoms with Crippen LogP contribution in [0.2, 0.25) is 0 Å². The quantitative estimate of drug-likeness (QED) is 0.509. The first-order valence-corrected chi connectivity index (χ1v) is 7.77. The summed E-state index contributed by atoms with van der Waals surface area (Å²) in [6.07, 6.45) is 0. The first kappa shape index (κ1) is 17.7. The summed E-state index contributed by atoms with van der Waals surface area (Å²) in [5.41, 5.74) is 1.14. The standard InChI is InChI=1S/C15H15N3O5S/c1-8-12(14(20)23-3)13(24-15(16-8)17-9(2)19)10-5-4-6-11(7-10)18(21)22/h4-7,13H,1-3H3,(H,16,17,19). The molecule has 1 aromatic rings. The molecule has 24 heavy (non-hydrogen) atoms. The van der Waals surface area contributed by atoms with Crippen LogP contribution in [-0.2, 0) is 14.3 Å². The largest absolute Gasteiger partial charge is 0.466 e. The molecule has 0 aromatic heterocycles. The van der Waals surface area contributed by atoms with E-state index in [1.165, 1.54) is 26.2 Å². The third-order valence-corrected chi connectivity index (χ3v) is 4.38. The molecule has 1 aliphatic heterocycles. The minimum absolute atomic E-state index is 0.0847. The number of nitrogens with zero attached hydrogens (tertiary/aromatic N) is 2. The maximum absolute atomic E-state index is 12.1. The number of amides is 1. The number of nitro groups is 1. The van der Waals surface area contributed by atoms with Crippen molar-refractivity contribution in [3.05, 3.63) is 51.2 Å². The Hall–Kier alpha value is -2.68. The maximum Gasteiger partial charge on any atom is 0.337 e. The van der Waals surface area contributed by atoms with Crippen molar-refractivity contribution in [3.63, 3.8) is 0 Å². The molecular weight excluding hydrogens is 334 g/mol. The normalized spacial score (nSPS) is 17.1. The van der Waals surface area contributed by atoms with Crippen molar-refractivity contribution in [1.82, 2.24) is 5.32 Å². The summed E-state index contributed by atoms with van der Waals surface area (Å²) < 4.78 is 4.81. The number of non-ortho nitro benzene ring substituents is 1. The molecule has 1 atom stereocenters. The van der Waals surface area contributed by atoms with Crippen molar-refractivity contribution < 1.29 is 19.2 Å². The van der Waals surface area contributed by atoms with Crippen LogP contribution < -0.4 is 5.32 Å². The van der Waals surface area contributed by atoms with E-state index in [4.69, 9.17) is 4.74 Å². The zero-order valence-electron chi connectivity index (χ0n) is 13.2. The van der Waals surface area contributed by atoms with Gasteiger partial charge in [0.25, 0.3) is 5.69 Å². The van der Waals surface area contributed by atoms with E-state index in [0.29, 0.717) is 16.4 Å². The summed E-state index contributed by atoms with van der Waals surface area (Å²) in [7, 11) is 1.25. The molecule has 1 unspecified atom stereocenters. The first-order valence-electron chi connectivity index (χ1n) is 6.90. The summed E-state index contributed by atoms with van der Waals surface area (Å²) in [5.74, 6) is -0.865. The van der Waals surface area contributed by atoms with Crippen LogP contribution in [-0.4, -0.2) is 29.1 Å². The fourth-order valence-corrected chi connectivity index (χ4v) is 3.49. The molecule has 0 radical (unpaired) electrons. The lowest BCUT2D eigenvalue weighted by Crippen LogP contribution is -2.29. The molecule has 0 saturated carbocycles. The number of carbonyl (C=O) groups excluding carboxylic acids is 2. The molecule has 1 heterocycles. The second kappa shape index (κ2) is 7.26. The van der Waals surface area contributed by atoms with Crippen molar-refractivity contribution in [2.24, 2.45) is 4.99 Å². The van der Waals surface area contributed by atoms with Crippen molar-refractivity contribution in [2.75, 3.05) is 7.11 Å². The molecule has 1 aromatic carbocycles. The third-order valence-electron chi connectivity index (χ3n) is 3.22. The fraction of sp³-hybridized carbons (Fsp3) is 0.267. The highest BCUT2D eigenvalue weighted by Crippen LogP contribution is 2.42. The smallest absolute Gasteiger partial charge is 0.337 e. The van der Waals surface area contributed by atoms with Crippen LogP contribution in [0, 0.1) is 10.1 Å². The summed E-state index contributed by atoms with van der Waals surface area (Å²) in [5, 5.41) is 13.3. The molecule has 0 aliphatic carbocycles. The lowest BCUT2D eigenvalue weighted by atomic mass is 10.0. The number of ether oxygens (including phenoxy) is 1. The van der Waals surface area contributed by atoms with E-state index in [2.05, 4.69) is 10.3 Å². The number of thioether (sulfide) groups is 1. The predicted molar refractivity (Wildman–Crippen MR) is 89.4 cm³/mol. The molecular formula is C15H15N3O5S. The van der Waals surface area contributed by atoms with Gasteiger partial charge in [0.2, 0.25) is 5.91 Å². The summed E-state index contributed by atoms with van der Waals surface area (Å²) in [6, 6.07) is 5.98. The van der Waals surface area contributed by atoms with Crippen molar-refractivity contribution >= 4 is 34.5 Å².